The van der Waals surface area contributed by atoms with E-state index < -0.39 is 12.0 Å². The highest BCUT2D eigenvalue weighted by Crippen LogP contribution is 2.30. The molecule has 0 spiro atoms. The molecule has 12 heavy (non-hydrogen) atoms. The number of nitriles is 1. The number of hydrogen-bond acceptors (Lipinski definition) is 4. The summed E-state index contributed by atoms with van der Waals surface area (Å²) in [5, 5.41) is 17.4. The SMILES string of the molecule is N#CC1(C(=O)CO)CCOCC1. The quantitative estimate of drug-likeness (QED) is 0.625. The molecular weight excluding hydrogens is 158 g/mol. The summed E-state index contributed by atoms with van der Waals surface area (Å²) in [6, 6.07) is 1.98. The lowest BCUT2D eigenvalue weighted by atomic mass is 9.78. The molecule has 0 saturated carbocycles. The van der Waals surface area contributed by atoms with Crippen molar-refractivity contribution in [2.75, 3.05) is 19.8 Å². The van der Waals surface area contributed by atoms with Crippen LogP contribution in [0, 0.1) is 16.7 Å². The highest BCUT2D eigenvalue weighted by Gasteiger charge is 2.39. The number of hydrogen-bond donors (Lipinski definition) is 1. The van der Waals surface area contributed by atoms with Crippen LogP contribution < -0.4 is 0 Å². The van der Waals surface area contributed by atoms with E-state index in [1.54, 1.807) is 0 Å². The molecule has 0 aromatic heterocycles. The van der Waals surface area contributed by atoms with Crippen molar-refractivity contribution in [1.29, 1.82) is 5.26 Å². The van der Waals surface area contributed by atoms with E-state index in [1.807, 2.05) is 6.07 Å². The molecule has 0 aromatic carbocycles. The van der Waals surface area contributed by atoms with Gasteiger partial charge in [-0.05, 0) is 12.8 Å². The highest BCUT2D eigenvalue weighted by atomic mass is 16.5. The van der Waals surface area contributed by atoms with Crippen molar-refractivity contribution in [2.45, 2.75) is 12.8 Å². The van der Waals surface area contributed by atoms with Crippen molar-refractivity contribution in [2.24, 2.45) is 5.41 Å². The molecule has 1 rings (SSSR count). The molecule has 1 N–H and O–H groups in total. The van der Waals surface area contributed by atoms with E-state index in [1.165, 1.54) is 0 Å². The zero-order valence-electron chi connectivity index (χ0n) is 6.75. The van der Waals surface area contributed by atoms with Gasteiger partial charge in [0.1, 0.15) is 12.0 Å². The largest absolute Gasteiger partial charge is 0.389 e. The number of aliphatic hydroxyl groups is 1. The second-order valence-corrected chi connectivity index (χ2v) is 2.89. The fourth-order valence-electron chi connectivity index (χ4n) is 1.32. The molecule has 4 heteroatoms. The fourth-order valence-corrected chi connectivity index (χ4v) is 1.32. The van der Waals surface area contributed by atoms with E-state index >= 15 is 0 Å². The number of Topliss-reactive ketones (excluding diaryl/α,β-unsaturated/α-hetero) is 1. The van der Waals surface area contributed by atoms with Gasteiger partial charge >= 0.3 is 0 Å². The van der Waals surface area contributed by atoms with Gasteiger partial charge in [0, 0.05) is 13.2 Å². The minimum atomic E-state index is -0.979. The van der Waals surface area contributed by atoms with Crippen LogP contribution in [0.15, 0.2) is 0 Å². The Balaban J connectivity index is 2.74. The van der Waals surface area contributed by atoms with E-state index in [0.29, 0.717) is 26.1 Å². The average Bonchev–Trinajstić information content (AvgIpc) is 2.17. The number of carbonyl (C=O) groups excluding carboxylic acids is 1. The van der Waals surface area contributed by atoms with Gasteiger partial charge in [0.25, 0.3) is 0 Å². The van der Waals surface area contributed by atoms with E-state index in [2.05, 4.69) is 0 Å². The molecule has 1 saturated heterocycles. The monoisotopic (exact) mass is 169 g/mol. The summed E-state index contributed by atoms with van der Waals surface area (Å²) in [7, 11) is 0. The third kappa shape index (κ3) is 1.47. The highest BCUT2D eigenvalue weighted by molar-refractivity contribution is 5.88. The van der Waals surface area contributed by atoms with Crippen LogP contribution in [0.3, 0.4) is 0 Å². The normalized spacial score (nSPS) is 21.3. The molecule has 0 atom stereocenters. The van der Waals surface area contributed by atoms with Gasteiger partial charge in [-0.3, -0.25) is 4.79 Å². The summed E-state index contributed by atoms with van der Waals surface area (Å²) in [4.78, 5) is 11.2. The van der Waals surface area contributed by atoms with E-state index in [9.17, 15) is 4.79 Å². The van der Waals surface area contributed by atoms with Crippen LogP contribution in [-0.4, -0.2) is 30.7 Å². The molecule has 0 amide bonds. The number of aliphatic hydroxyl groups excluding tert-OH is 1. The Morgan fingerprint density at radius 1 is 1.58 bits per heavy atom. The Morgan fingerprint density at radius 2 is 2.17 bits per heavy atom. The third-order valence-electron chi connectivity index (χ3n) is 2.24. The Bertz CT molecular complexity index is 213. The van der Waals surface area contributed by atoms with Crippen molar-refractivity contribution in [3.63, 3.8) is 0 Å². The molecule has 66 valence electrons. The molecule has 0 unspecified atom stereocenters. The topological polar surface area (TPSA) is 70.3 Å². The summed E-state index contributed by atoms with van der Waals surface area (Å²) in [5.41, 5.74) is -0.979. The van der Waals surface area contributed by atoms with Crippen LogP contribution >= 0.6 is 0 Å². The second kappa shape index (κ2) is 3.65. The van der Waals surface area contributed by atoms with Crippen LogP contribution in [0.2, 0.25) is 0 Å². The van der Waals surface area contributed by atoms with Gasteiger partial charge in [-0.15, -0.1) is 0 Å². The Hall–Kier alpha value is -0.920. The fraction of sp³-hybridized carbons (Fsp3) is 0.750. The molecule has 0 aliphatic carbocycles. The first kappa shape index (κ1) is 9.17. The van der Waals surface area contributed by atoms with Crippen molar-refractivity contribution in [3.05, 3.63) is 0 Å². The summed E-state index contributed by atoms with van der Waals surface area (Å²) in [5.74, 6) is -0.381. The van der Waals surface area contributed by atoms with Gasteiger partial charge in [0.15, 0.2) is 5.78 Å². The van der Waals surface area contributed by atoms with Crippen LogP contribution in [0.1, 0.15) is 12.8 Å². The van der Waals surface area contributed by atoms with Gasteiger partial charge in [-0.25, -0.2) is 0 Å². The van der Waals surface area contributed by atoms with Crippen molar-refractivity contribution in [3.8, 4) is 6.07 Å². The summed E-state index contributed by atoms with van der Waals surface area (Å²) < 4.78 is 5.04. The van der Waals surface area contributed by atoms with Gasteiger partial charge in [0.05, 0.1) is 6.07 Å². The molecular formula is C8H11NO3. The summed E-state index contributed by atoms with van der Waals surface area (Å²) >= 11 is 0. The Morgan fingerprint density at radius 3 is 2.58 bits per heavy atom. The summed E-state index contributed by atoms with van der Waals surface area (Å²) in [6.07, 6.45) is 0.811. The maximum Gasteiger partial charge on any atom is 0.178 e. The van der Waals surface area contributed by atoms with E-state index in [4.69, 9.17) is 15.1 Å². The molecule has 4 nitrogen and oxygen atoms in total. The second-order valence-electron chi connectivity index (χ2n) is 2.89. The Labute approximate surface area is 70.7 Å². The number of ether oxygens (including phenoxy) is 1. The third-order valence-corrected chi connectivity index (χ3v) is 2.24. The number of nitrogens with zero attached hydrogens (tertiary/aromatic N) is 1. The maximum absolute atomic E-state index is 11.2. The first-order chi connectivity index (χ1) is 5.75. The van der Waals surface area contributed by atoms with Crippen LogP contribution in [0.25, 0.3) is 0 Å². The number of carbonyl (C=O) groups is 1. The maximum atomic E-state index is 11.2. The molecule has 0 aromatic rings. The number of ketones is 1. The predicted octanol–water partition coefficient (Wildman–Crippen LogP) is -0.132. The van der Waals surface area contributed by atoms with Gasteiger partial charge in [-0.2, -0.15) is 5.26 Å². The zero-order chi connectivity index (χ0) is 9.03. The first-order valence-electron chi connectivity index (χ1n) is 3.88. The van der Waals surface area contributed by atoms with E-state index in [-0.39, 0.29) is 5.78 Å². The van der Waals surface area contributed by atoms with Crippen LogP contribution in [0.4, 0.5) is 0 Å². The first-order valence-corrected chi connectivity index (χ1v) is 3.88. The van der Waals surface area contributed by atoms with Gasteiger partial charge in [0.2, 0.25) is 0 Å². The lowest BCUT2D eigenvalue weighted by Gasteiger charge is -2.28. The van der Waals surface area contributed by atoms with Crippen LogP contribution in [0.5, 0.6) is 0 Å². The molecule has 1 heterocycles. The standard InChI is InChI=1S/C8H11NO3/c9-6-8(7(11)5-10)1-3-12-4-2-8/h10H,1-5H2. The van der Waals surface area contributed by atoms with Crippen molar-refractivity contribution >= 4 is 5.78 Å². The molecule has 0 radical (unpaired) electrons. The molecule has 0 bridgehead atoms. The zero-order valence-corrected chi connectivity index (χ0v) is 6.75. The van der Waals surface area contributed by atoms with Gasteiger partial charge in [-0.1, -0.05) is 0 Å². The van der Waals surface area contributed by atoms with Crippen LogP contribution in [-0.2, 0) is 9.53 Å². The Kier molecular flexibility index (Phi) is 2.79. The molecule has 1 aliphatic heterocycles. The number of rotatable bonds is 2. The van der Waals surface area contributed by atoms with E-state index in [0.717, 1.165) is 0 Å². The van der Waals surface area contributed by atoms with Gasteiger partial charge < -0.3 is 9.84 Å². The lowest BCUT2D eigenvalue weighted by Crippen LogP contribution is -2.37. The lowest BCUT2D eigenvalue weighted by molar-refractivity contribution is -0.132. The average molecular weight is 169 g/mol. The minimum absolute atomic E-state index is 0.381. The summed E-state index contributed by atoms with van der Waals surface area (Å²) in [6.45, 7) is 0.312. The van der Waals surface area contributed by atoms with Crippen molar-refractivity contribution in [1.82, 2.24) is 0 Å². The molecule has 1 aliphatic rings. The van der Waals surface area contributed by atoms with Crippen molar-refractivity contribution < 1.29 is 14.6 Å². The smallest absolute Gasteiger partial charge is 0.178 e. The minimum Gasteiger partial charge on any atom is -0.389 e. The predicted molar refractivity (Wildman–Crippen MR) is 40.2 cm³/mol. The molecule has 1 fully saturated rings.